The number of para-hydroxylation sites is 1. The number of aliphatic hydroxyl groups is 1. The molecule has 1 unspecified atom stereocenters. The van der Waals surface area contributed by atoms with Crippen LogP contribution in [0, 0.1) is 5.82 Å². The highest BCUT2D eigenvalue weighted by Crippen LogP contribution is 2.14. The van der Waals surface area contributed by atoms with Gasteiger partial charge >= 0.3 is 0 Å². The highest BCUT2D eigenvalue weighted by atomic mass is 19.1. The topological polar surface area (TPSA) is 52.6 Å². The van der Waals surface area contributed by atoms with Gasteiger partial charge in [0.1, 0.15) is 5.82 Å². The van der Waals surface area contributed by atoms with E-state index in [0.29, 0.717) is 13.0 Å². The molecule has 0 heterocycles. The molecule has 2 N–H and O–H groups in total. The summed E-state index contributed by atoms with van der Waals surface area (Å²) in [6.07, 6.45) is 0.569. The number of carbonyl (C=O) groups is 1. The fraction of sp³-hybridized carbons (Fsp3) is 0.316. The van der Waals surface area contributed by atoms with Crippen LogP contribution in [-0.4, -0.2) is 35.1 Å². The Bertz CT molecular complexity index is 649. The number of hydrogen-bond donors (Lipinski definition) is 2. The van der Waals surface area contributed by atoms with Crippen LogP contribution in [-0.2, 0) is 11.3 Å². The molecule has 0 aliphatic carbocycles. The Morgan fingerprint density at radius 2 is 1.83 bits per heavy atom. The van der Waals surface area contributed by atoms with E-state index >= 15 is 0 Å². The van der Waals surface area contributed by atoms with E-state index in [-0.39, 0.29) is 30.8 Å². The first-order chi connectivity index (χ1) is 11.6. The molecular weight excluding hydrogens is 307 g/mol. The Hall–Kier alpha value is -2.24. The molecule has 0 fully saturated rings. The van der Waals surface area contributed by atoms with E-state index < -0.39 is 5.82 Å². The quantitative estimate of drug-likeness (QED) is 0.782. The van der Waals surface area contributed by atoms with Crippen LogP contribution in [0.25, 0.3) is 0 Å². The Morgan fingerprint density at radius 1 is 1.17 bits per heavy atom. The molecule has 0 aromatic heterocycles. The van der Waals surface area contributed by atoms with E-state index in [4.69, 9.17) is 0 Å². The molecule has 128 valence electrons. The maximum atomic E-state index is 13.7. The Morgan fingerprint density at radius 3 is 2.50 bits per heavy atom. The van der Waals surface area contributed by atoms with Gasteiger partial charge in [-0.1, -0.05) is 42.5 Å². The van der Waals surface area contributed by atoms with Gasteiger partial charge in [-0.15, -0.1) is 0 Å². The van der Waals surface area contributed by atoms with Crippen molar-refractivity contribution in [3.8, 4) is 0 Å². The molecule has 2 aromatic rings. The summed E-state index contributed by atoms with van der Waals surface area (Å²) in [7, 11) is 0. The lowest BCUT2D eigenvalue weighted by molar-refractivity contribution is -0.118. The summed E-state index contributed by atoms with van der Waals surface area (Å²) in [5.74, 6) is -0.732. The highest BCUT2D eigenvalue weighted by Gasteiger charge is 2.18. The summed E-state index contributed by atoms with van der Waals surface area (Å²) in [5.41, 5.74) is 1.26. The van der Waals surface area contributed by atoms with E-state index in [1.54, 1.807) is 12.1 Å². The maximum absolute atomic E-state index is 13.7. The van der Waals surface area contributed by atoms with Crippen LogP contribution in [0.2, 0.25) is 0 Å². The van der Waals surface area contributed by atoms with Crippen molar-refractivity contribution in [2.24, 2.45) is 0 Å². The Labute approximate surface area is 141 Å². The van der Waals surface area contributed by atoms with E-state index in [0.717, 1.165) is 5.56 Å². The molecular formula is C19H23FN2O2. The van der Waals surface area contributed by atoms with Crippen molar-refractivity contribution < 1.29 is 14.3 Å². The van der Waals surface area contributed by atoms with Crippen molar-refractivity contribution in [1.82, 2.24) is 4.90 Å². The zero-order chi connectivity index (χ0) is 17.4. The summed E-state index contributed by atoms with van der Waals surface area (Å²) < 4.78 is 13.7. The Kier molecular flexibility index (Phi) is 6.90. The molecule has 0 bridgehead atoms. The molecule has 24 heavy (non-hydrogen) atoms. The van der Waals surface area contributed by atoms with Crippen LogP contribution < -0.4 is 5.32 Å². The van der Waals surface area contributed by atoms with Gasteiger partial charge < -0.3 is 10.4 Å². The number of hydrogen-bond acceptors (Lipinski definition) is 3. The number of aliphatic hydroxyl groups excluding tert-OH is 1. The first-order valence-corrected chi connectivity index (χ1v) is 8.03. The third kappa shape index (κ3) is 5.44. The summed E-state index contributed by atoms with van der Waals surface area (Å²) >= 11 is 0. The smallest absolute Gasteiger partial charge is 0.238 e. The van der Waals surface area contributed by atoms with Gasteiger partial charge in [-0.3, -0.25) is 9.69 Å². The molecule has 5 heteroatoms. The molecule has 0 saturated carbocycles. The van der Waals surface area contributed by atoms with Crippen LogP contribution in [0.1, 0.15) is 18.9 Å². The molecule has 2 aromatic carbocycles. The molecule has 2 rings (SSSR count). The first kappa shape index (κ1) is 18.1. The van der Waals surface area contributed by atoms with Crippen molar-refractivity contribution in [3.63, 3.8) is 0 Å². The summed E-state index contributed by atoms with van der Waals surface area (Å²) in [5, 5.41) is 11.8. The predicted molar refractivity (Wildman–Crippen MR) is 93.0 cm³/mol. The standard InChI is InChI=1S/C19H23FN2O2/c1-15(11-12-23)22(13-16-7-3-2-4-8-16)14-19(24)21-18-10-6-5-9-17(18)20/h2-10,15,23H,11-14H2,1H3,(H,21,24). The average Bonchev–Trinajstić information content (AvgIpc) is 2.57. The number of halogens is 1. The van der Waals surface area contributed by atoms with Crippen LogP contribution >= 0.6 is 0 Å². The summed E-state index contributed by atoms with van der Waals surface area (Å²) in [6.45, 7) is 2.74. The summed E-state index contributed by atoms with van der Waals surface area (Å²) in [6, 6.07) is 16.0. The second kappa shape index (κ2) is 9.15. The van der Waals surface area contributed by atoms with Gasteiger partial charge in [0.25, 0.3) is 0 Å². The van der Waals surface area contributed by atoms with E-state index in [9.17, 15) is 14.3 Å². The lowest BCUT2D eigenvalue weighted by Crippen LogP contribution is -2.39. The number of nitrogens with one attached hydrogen (secondary N) is 1. The van der Waals surface area contributed by atoms with Gasteiger partial charge in [0, 0.05) is 19.2 Å². The van der Waals surface area contributed by atoms with Crippen LogP contribution in [0.5, 0.6) is 0 Å². The van der Waals surface area contributed by atoms with Gasteiger partial charge in [0.2, 0.25) is 5.91 Å². The van der Waals surface area contributed by atoms with Gasteiger partial charge in [0.15, 0.2) is 0 Å². The zero-order valence-electron chi connectivity index (χ0n) is 13.8. The Balaban J connectivity index is 2.04. The maximum Gasteiger partial charge on any atom is 0.238 e. The fourth-order valence-electron chi connectivity index (χ4n) is 2.49. The molecule has 0 saturated heterocycles. The molecule has 1 atom stereocenters. The summed E-state index contributed by atoms with van der Waals surface area (Å²) in [4.78, 5) is 14.3. The van der Waals surface area contributed by atoms with E-state index in [1.165, 1.54) is 12.1 Å². The van der Waals surface area contributed by atoms with Crippen molar-refractivity contribution in [2.75, 3.05) is 18.5 Å². The lowest BCUT2D eigenvalue weighted by Gasteiger charge is -2.28. The average molecular weight is 330 g/mol. The van der Waals surface area contributed by atoms with Gasteiger partial charge in [0.05, 0.1) is 12.2 Å². The number of rotatable bonds is 8. The van der Waals surface area contributed by atoms with Gasteiger partial charge in [-0.2, -0.15) is 0 Å². The third-order valence-corrected chi connectivity index (χ3v) is 3.89. The SMILES string of the molecule is CC(CCO)N(CC(=O)Nc1ccccc1F)Cc1ccccc1. The number of nitrogens with zero attached hydrogens (tertiary/aromatic N) is 1. The number of benzene rings is 2. The van der Waals surface area contributed by atoms with Gasteiger partial charge in [-0.05, 0) is 31.0 Å². The zero-order valence-corrected chi connectivity index (χ0v) is 13.8. The molecule has 0 spiro atoms. The number of carbonyl (C=O) groups excluding carboxylic acids is 1. The first-order valence-electron chi connectivity index (χ1n) is 8.03. The molecule has 0 aliphatic heterocycles. The minimum atomic E-state index is -0.455. The normalized spacial score (nSPS) is 12.2. The monoisotopic (exact) mass is 330 g/mol. The second-order valence-electron chi connectivity index (χ2n) is 5.78. The highest BCUT2D eigenvalue weighted by molar-refractivity contribution is 5.92. The molecule has 0 aliphatic rings. The fourth-order valence-corrected chi connectivity index (χ4v) is 2.49. The van der Waals surface area contributed by atoms with Crippen LogP contribution in [0.3, 0.4) is 0 Å². The van der Waals surface area contributed by atoms with Crippen LogP contribution in [0.15, 0.2) is 54.6 Å². The largest absolute Gasteiger partial charge is 0.396 e. The van der Waals surface area contributed by atoms with Crippen molar-refractivity contribution in [1.29, 1.82) is 0 Å². The van der Waals surface area contributed by atoms with Gasteiger partial charge in [-0.25, -0.2) is 4.39 Å². The minimum absolute atomic E-state index is 0.0292. The number of amides is 1. The lowest BCUT2D eigenvalue weighted by atomic mass is 10.1. The predicted octanol–water partition coefficient (Wildman–Crippen LogP) is 3.04. The van der Waals surface area contributed by atoms with Crippen molar-refractivity contribution >= 4 is 11.6 Å². The minimum Gasteiger partial charge on any atom is -0.396 e. The van der Waals surface area contributed by atoms with Crippen molar-refractivity contribution in [2.45, 2.75) is 25.9 Å². The van der Waals surface area contributed by atoms with E-state index in [1.807, 2.05) is 42.2 Å². The van der Waals surface area contributed by atoms with E-state index in [2.05, 4.69) is 5.32 Å². The molecule has 0 radical (unpaired) electrons. The third-order valence-electron chi connectivity index (χ3n) is 3.89. The van der Waals surface area contributed by atoms with Crippen LogP contribution in [0.4, 0.5) is 10.1 Å². The molecule has 1 amide bonds. The van der Waals surface area contributed by atoms with Crippen molar-refractivity contribution in [3.05, 3.63) is 66.0 Å². The number of anilines is 1. The molecule has 4 nitrogen and oxygen atoms in total. The second-order valence-corrected chi connectivity index (χ2v) is 5.78.